The van der Waals surface area contributed by atoms with Gasteiger partial charge in [0, 0.05) is 5.92 Å². The van der Waals surface area contributed by atoms with E-state index in [0.29, 0.717) is 12.8 Å². The number of hydrogen-bond acceptors (Lipinski definition) is 4. The van der Waals surface area contributed by atoms with Gasteiger partial charge in [-0.05, 0) is 36.5 Å². The molecule has 0 aromatic heterocycles. The molecule has 3 rings (SSSR count). The van der Waals surface area contributed by atoms with Crippen molar-refractivity contribution in [2.75, 3.05) is 4.90 Å². The van der Waals surface area contributed by atoms with Crippen LogP contribution in [0, 0.1) is 16.7 Å². The van der Waals surface area contributed by atoms with Crippen LogP contribution in [0.2, 0.25) is 0 Å². The molecule has 2 bridgehead atoms. The summed E-state index contributed by atoms with van der Waals surface area (Å²) in [5.74, 6) is -0.893. The molecule has 2 fully saturated rings. The second-order valence-corrected chi connectivity index (χ2v) is 8.52. The van der Waals surface area contributed by atoms with Crippen LogP contribution in [-0.2, 0) is 19.7 Å². The maximum Gasteiger partial charge on any atom is 0.294 e. The van der Waals surface area contributed by atoms with Crippen LogP contribution in [-0.4, -0.2) is 24.8 Å². The average Bonchev–Trinajstić information content (AvgIpc) is 2.63. The highest BCUT2D eigenvalue weighted by Crippen LogP contribution is 2.60. The zero-order valence-corrected chi connectivity index (χ0v) is 14.1. The van der Waals surface area contributed by atoms with Crippen LogP contribution in [0.1, 0.15) is 33.6 Å². The van der Waals surface area contributed by atoms with Crippen LogP contribution >= 0.6 is 0 Å². The van der Waals surface area contributed by atoms with E-state index in [4.69, 9.17) is 0 Å². The first-order valence-electron chi connectivity index (χ1n) is 7.46. The first kappa shape index (κ1) is 16.1. The van der Waals surface area contributed by atoms with Crippen molar-refractivity contribution >= 4 is 27.6 Å². The lowest BCUT2D eigenvalue weighted by Crippen LogP contribution is -2.59. The van der Waals surface area contributed by atoms with Crippen LogP contribution in [0.15, 0.2) is 29.2 Å². The van der Waals surface area contributed by atoms with Crippen LogP contribution in [0.5, 0.6) is 0 Å². The molecule has 6 nitrogen and oxygen atoms in total. The van der Waals surface area contributed by atoms with Crippen LogP contribution < -0.4 is 4.90 Å². The van der Waals surface area contributed by atoms with E-state index in [0.717, 1.165) is 11.0 Å². The number of carbonyl (C=O) groups is 2. The fourth-order valence-electron chi connectivity index (χ4n) is 3.85. The summed E-state index contributed by atoms with van der Waals surface area (Å²) in [5, 5.41) is 0. The van der Waals surface area contributed by atoms with Gasteiger partial charge in [0.2, 0.25) is 11.8 Å². The van der Waals surface area contributed by atoms with Gasteiger partial charge in [-0.3, -0.25) is 14.1 Å². The normalized spacial score (nSPS) is 29.9. The fourth-order valence-corrected chi connectivity index (χ4v) is 4.37. The SMILES string of the molecule is CC12CCC(C(=O)N(c3cccc(S(=O)(=O)O)c3)C1=O)C2(C)C. The molecule has 2 aliphatic rings. The lowest BCUT2D eigenvalue weighted by Gasteiger charge is -2.47. The Bertz CT molecular complexity index is 814. The molecule has 1 aliphatic heterocycles. The Morgan fingerprint density at radius 3 is 2.48 bits per heavy atom. The first-order valence-corrected chi connectivity index (χ1v) is 8.90. The van der Waals surface area contributed by atoms with E-state index in [1.807, 2.05) is 20.8 Å². The minimum Gasteiger partial charge on any atom is -0.282 e. The van der Waals surface area contributed by atoms with E-state index < -0.39 is 20.9 Å². The summed E-state index contributed by atoms with van der Waals surface area (Å²) < 4.78 is 31.8. The van der Waals surface area contributed by atoms with Gasteiger partial charge in [0.05, 0.1) is 16.0 Å². The van der Waals surface area contributed by atoms with Gasteiger partial charge in [0.25, 0.3) is 10.1 Å². The zero-order chi connectivity index (χ0) is 17.2. The van der Waals surface area contributed by atoms with Crippen molar-refractivity contribution in [1.82, 2.24) is 0 Å². The molecule has 2 amide bonds. The number of hydrogen-bond donors (Lipinski definition) is 1. The van der Waals surface area contributed by atoms with E-state index in [1.165, 1.54) is 18.2 Å². The van der Waals surface area contributed by atoms with Crippen LogP contribution in [0.4, 0.5) is 5.69 Å². The summed E-state index contributed by atoms with van der Waals surface area (Å²) in [7, 11) is -4.40. The van der Waals surface area contributed by atoms with Crippen molar-refractivity contribution in [2.24, 2.45) is 16.7 Å². The highest BCUT2D eigenvalue weighted by molar-refractivity contribution is 7.85. The number of carbonyl (C=O) groups excluding carboxylic acids is 2. The Morgan fingerprint density at radius 2 is 1.87 bits per heavy atom. The van der Waals surface area contributed by atoms with Crippen molar-refractivity contribution < 1.29 is 22.6 Å². The molecule has 1 saturated heterocycles. The summed E-state index contributed by atoms with van der Waals surface area (Å²) in [6, 6.07) is 5.29. The van der Waals surface area contributed by atoms with Crippen LogP contribution in [0.3, 0.4) is 0 Å². The number of benzene rings is 1. The third-order valence-electron chi connectivity index (χ3n) is 5.79. The Balaban J connectivity index is 2.12. The molecule has 1 aromatic rings. The van der Waals surface area contributed by atoms with E-state index in [1.54, 1.807) is 0 Å². The van der Waals surface area contributed by atoms with Crippen molar-refractivity contribution in [3.05, 3.63) is 24.3 Å². The molecular weight excluding hydrogens is 318 g/mol. The number of nitrogens with zero attached hydrogens (tertiary/aromatic N) is 1. The van der Waals surface area contributed by atoms with E-state index >= 15 is 0 Å². The number of imide groups is 1. The predicted molar refractivity (Wildman–Crippen MR) is 83.4 cm³/mol. The summed E-state index contributed by atoms with van der Waals surface area (Å²) in [5.41, 5.74) is -0.915. The molecular formula is C16H19NO5S. The molecule has 1 heterocycles. The van der Waals surface area contributed by atoms with Gasteiger partial charge in [0.15, 0.2) is 0 Å². The molecule has 1 aliphatic carbocycles. The monoisotopic (exact) mass is 337 g/mol. The smallest absolute Gasteiger partial charge is 0.282 e. The minimum atomic E-state index is -4.40. The second-order valence-electron chi connectivity index (χ2n) is 7.10. The van der Waals surface area contributed by atoms with Crippen LogP contribution in [0.25, 0.3) is 0 Å². The third-order valence-corrected chi connectivity index (χ3v) is 6.64. The number of piperidine rings is 1. The molecule has 2 atom stereocenters. The Kier molecular flexibility index (Phi) is 3.26. The summed E-state index contributed by atoms with van der Waals surface area (Å²) in [6.07, 6.45) is 1.27. The molecule has 2 unspecified atom stereocenters. The number of rotatable bonds is 2. The quantitative estimate of drug-likeness (QED) is 0.660. The van der Waals surface area contributed by atoms with Crippen molar-refractivity contribution in [1.29, 1.82) is 0 Å². The lowest BCUT2D eigenvalue weighted by atomic mass is 9.62. The highest BCUT2D eigenvalue weighted by Gasteiger charge is 2.64. The number of amides is 2. The maximum absolute atomic E-state index is 13.0. The van der Waals surface area contributed by atoms with Crippen molar-refractivity contribution in [2.45, 2.75) is 38.5 Å². The van der Waals surface area contributed by atoms with Gasteiger partial charge in [-0.15, -0.1) is 0 Å². The predicted octanol–water partition coefficient (Wildman–Crippen LogP) is 2.25. The van der Waals surface area contributed by atoms with E-state index in [-0.39, 0.29) is 28.3 Å². The molecule has 1 N–H and O–H groups in total. The largest absolute Gasteiger partial charge is 0.294 e. The van der Waals surface area contributed by atoms with Gasteiger partial charge in [0.1, 0.15) is 0 Å². The molecule has 0 spiro atoms. The van der Waals surface area contributed by atoms with E-state index in [2.05, 4.69) is 0 Å². The number of anilines is 1. The molecule has 7 heteroatoms. The summed E-state index contributed by atoms with van der Waals surface area (Å²) in [4.78, 5) is 26.5. The minimum absolute atomic E-state index is 0.184. The first-order chi connectivity index (χ1) is 10.5. The fraction of sp³-hybridized carbons (Fsp3) is 0.500. The Labute approximate surface area is 135 Å². The second kappa shape index (κ2) is 4.64. The lowest BCUT2D eigenvalue weighted by molar-refractivity contribution is -0.146. The topological polar surface area (TPSA) is 91.8 Å². The molecule has 1 saturated carbocycles. The van der Waals surface area contributed by atoms with E-state index in [9.17, 15) is 22.6 Å². The zero-order valence-electron chi connectivity index (χ0n) is 13.2. The van der Waals surface area contributed by atoms with Gasteiger partial charge >= 0.3 is 0 Å². The summed E-state index contributed by atoms with van der Waals surface area (Å²) >= 11 is 0. The highest BCUT2D eigenvalue weighted by atomic mass is 32.2. The molecule has 124 valence electrons. The van der Waals surface area contributed by atoms with Gasteiger partial charge in [-0.2, -0.15) is 8.42 Å². The van der Waals surface area contributed by atoms with Gasteiger partial charge in [-0.25, -0.2) is 4.90 Å². The maximum atomic E-state index is 13.0. The van der Waals surface area contributed by atoms with Gasteiger partial charge in [-0.1, -0.05) is 26.8 Å². The average molecular weight is 337 g/mol. The molecule has 23 heavy (non-hydrogen) atoms. The third kappa shape index (κ3) is 2.06. The van der Waals surface area contributed by atoms with Gasteiger partial charge < -0.3 is 0 Å². The Hall–Kier alpha value is -1.73. The van der Waals surface area contributed by atoms with Crippen molar-refractivity contribution in [3.63, 3.8) is 0 Å². The molecule has 1 aromatic carbocycles. The Morgan fingerprint density at radius 1 is 1.22 bits per heavy atom. The standard InChI is InChI=1S/C16H19NO5S/c1-15(2)12-7-8-16(15,3)14(19)17(13(12)18)10-5-4-6-11(9-10)23(20,21)22/h4-6,9,12H,7-8H2,1-3H3,(H,20,21,22). The van der Waals surface area contributed by atoms with Crippen molar-refractivity contribution in [3.8, 4) is 0 Å². The molecule has 0 radical (unpaired) electrons. The number of fused-ring (bicyclic) bond motifs is 2. The summed E-state index contributed by atoms with van der Waals surface area (Å²) in [6.45, 7) is 5.74.